The molecule has 0 heterocycles. The Balaban J connectivity index is 2.57. The fraction of sp³-hybridized carbons (Fsp3) is 0.533. The summed E-state index contributed by atoms with van der Waals surface area (Å²) in [7, 11) is 0. The van der Waals surface area contributed by atoms with Crippen LogP contribution in [0.15, 0.2) is 24.3 Å². The fourth-order valence-corrected chi connectivity index (χ4v) is 2.19. The summed E-state index contributed by atoms with van der Waals surface area (Å²) < 4.78 is 0. The first-order valence-corrected chi connectivity index (χ1v) is 6.58. The van der Waals surface area contributed by atoms with Crippen molar-refractivity contribution in [3.63, 3.8) is 0 Å². The summed E-state index contributed by atoms with van der Waals surface area (Å²) >= 11 is 0. The molecule has 0 saturated heterocycles. The van der Waals surface area contributed by atoms with E-state index < -0.39 is 11.5 Å². The molecule has 100 valence electrons. The van der Waals surface area contributed by atoms with Crippen molar-refractivity contribution in [2.75, 3.05) is 6.54 Å². The number of carboxylic acids is 1. The Hall–Kier alpha value is -1.35. The zero-order valence-electron chi connectivity index (χ0n) is 11.5. The molecule has 0 aliphatic heterocycles. The molecule has 0 atom stereocenters. The van der Waals surface area contributed by atoms with Gasteiger partial charge in [-0.3, -0.25) is 4.79 Å². The molecule has 1 aromatic carbocycles. The Morgan fingerprint density at radius 1 is 1.33 bits per heavy atom. The number of nitrogens with one attached hydrogen (secondary N) is 1. The normalized spacial score (nSPS) is 11.5. The van der Waals surface area contributed by atoms with Gasteiger partial charge < -0.3 is 10.4 Å². The molecule has 18 heavy (non-hydrogen) atoms. The Morgan fingerprint density at radius 3 is 2.50 bits per heavy atom. The molecular weight excluding hydrogens is 226 g/mol. The minimum atomic E-state index is -0.774. The lowest BCUT2D eigenvalue weighted by Crippen LogP contribution is -2.51. The molecule has 2 N–H and O–H groups in total. The van der Waals surface area contributed by atoms with Crippen molar-refractivity contribution in [3.8, 4) is 0 Å². The Kier molecular flexibility index (Phi) is 5.35. The number of aryl methyl sites for hydroxylation is 1. The summed E-state index contributed by atoms with van der Waals surface area (Å²) in [5.74, 6) is -0.753. The summed E-state index contributed by atoms with van der Waals surface area (Å²) in [5, 5.41) is 12.5. The average molecular weight is 249 g/mol. The standard InChI is InChI=1S/C15H23NO2/c1-4-15(5-2,14(17)18)16-10-9-13-8-6-7-12(3)11-13/h6-8,11,16H,4-5,9-10H2,1-3H3,(H,17,18). The second-order valence-corrected chi connectivity index (χ2v) is 4.76. The molecular formula is C15H23NO2. The second kappa shape index (κ2) is 6.55. The lowest BCUT2D eigenvalue weighted by molar-refractivity contribution is -0.145. The molecule has 0 fully saturated rings. The van der Waals surface area contributed by atoms with Crippen molar-refractivity contribution in [2.45, 2.75) is 45.6 Å². The molecule has 0 amide bonds. The van der Waals surface area contributed by atoms with Gasteiger partial charge in [0.1, 0.15) is 5.54 Å². The maximum absolute atomic E-state index is 11.3. The third-order valence-electron chi connectivity index (χ3n) is 3.58. The molecule has 0 unspecified atom stereocenters. The second-order valence-electron chi connectivity index (χ2n) is 4.76. The topological polar surface area (TPSA) is 49.3 Å². The molecule has 0 aliphatic carbocycles. The van der Waals surface area contributed by atoms with Gasteiger partial charge >= 0.3 is 5.97 Å². The zero-order valence-corrected chi connectivity index (χ0v) is 11.5. The molecule has 3 heteroatoms. The number of rotatable bonds is 7. The van der Waals surface area contributed by atoms with Gasteiger partial charge in [0.05, 0.1) is 0 Å². The Labute approximate surface area is 109 Å². The maximum atomic E-state index is 11.3. The highest BCUT2D eigenvalue weighted by Crippen LogP contribution is 2.15. The molecule has 1 rings (SSSR count). The van der Waals surface area contributed by atoms with Crippen LogP contribution in [0.4, 0.5) is 0 Å². The van der Waals surface area contributed by atoms with Gasteiger partial charge in [0.25, 0.3) is 0 Å². The van der Waals surface area contributed by atoms with Crippen LogP contribution in [0.25, 0.3) is 0 Å². The highest BCUT2D eigenvalue weighted by atomic mass is 16.4. The van der Waals surface area contributed by atoms with E-state index in [1.807, 2.05) is 19.9 Å². The lowest BCUT2D eigenvalue weighted by Gasteiger charge is -2.28. The summed E-state index contributed by atoms with van der Waals surface area (Å²) in [6.07, 6.45) is 2.07. The molecule has 0 saturated carbocycles. The van der Waals surface area contributed by atoms with E-state index in [4.69, 9.17) is 0 Å². The maximum Gasteiger partial charge on any atom is 0.323 e. The molecule has 3 nitrogen and oxygen atoms in total. The highest BCUT2D eigenvalue weighted by Gasteiger charge is 2.33. The van der Waals surface area contributed by atoms with Crippen LogP contribution in [-0.4, -0.2) is 23.2 Å². The predicted molar refractivity (Wildman–Crippen MR) is 73.8 cm³/mol. The predicted octanol–water partition coefficient (Wildman–Crippen LogP) is 2.77. The minimum Gasteiger partial charge on any atom is -0.480 e. The van der Waals surface area contributed by atoms with Gasteiger partial charge in [0, 0.05) is 6.54 Å². The third kappa shape index (κ3) is 3.57. The van der Waals surface area contributed by atoms with Crippen molar-refractivity contribution in [2.24, 2.45) is 0 Å². The highest BCUT2D eigenvalue weighted by molar-refractivity contribution is 5.78. The van der Waals surface area contributed by atoms with Crippen molar-refractivity contribution in [3.05, 3.63) is 35.4 Å². The summed E-state index contributed by atoms with van der Waals surface area (Å²) in [4.78, 5) is 11.3. The van der Waals surface area contributed by atoms with E-state index in [-0.39, 0.29) is 0 Å². The smallest absolute Gasteiger partial charge is 0.323 e. The van der Waals surface area contributed by atoms with Crippen molar-refractivity contribution in [1.82, 2.24) is 5.32 Å². The van der Waals surface area contributed by atoms with Crippen LogP contribution in [0.2, 0.25) is 0 Å². The van der Waals surface area contributed by atoms with Crippen LogP contribution in [-0.2, 0) is 11.2 Å². The number of carboxylic acid groups (broad SMARTS) is 1. The van der Waals surface area contributed by atoms with E-state index in [1.54, 1.807) is 0 Å². The minimum absolute atomic E-state index is 0.604. The van der Waals surface area contributed by atoms with Crippen LogP contribution in [0.3, 0.4) is 0 Å². The van der Waals surface area contributed by atoms with E-state index in [9.17, 15) is 9.90 Å². The molecule has 0 radical (unpaired) electrons. The largest absolute Gasteiger partial charge is 0.480 e. The van der Waals surface area contributed by atoms with Gasteiger partial charge in [-0.15, -0.1) is 0 Å². The van der Waals surface area contributed by atoms with Crippen LogP contribution in [0.1, 0.15) is 37.8 Å². The van der Waals surface area contributed by atoms with Crippen molar-refractivity contribution >= 4 is 5.97 Å². The fourth-order valence-electron chi connectivity index (χ4n) is 2.19. The quantitative estimate of drug-likeness (QED) is 0.781. The SMILES string of the molecule is CCC(CC)(NCCc1cccc(C)c1)C(=O)O. The van der Waals surface area contributed by atoms with Crippen LogP contribution >= 0.6 is 0 Å². The zero-order chi connectivity index (χ0) is 13.6. The lowest BCUT2D eigenvalue weighted by atomic mass is 9.92. The number of carbonyl (C=O) groups is 1. The van der Waals surface area contributed by atoms with E-state index in [0.29, 0.717) is 19.4 Å². The van der Waals surface area contributed by atoms with Gasteiger partial charge in [-0.1, -0.05) is 43.7 Å². The number of hydrogen-bond donors (Lipinski definition) is 2. The Morgan fingerprint density at radius 2 is 2.00 bits per heavy atom. The number of hydrogen-bond acceptors (Lipinski definition) is 2. The first-order valence-electron chi connectivity index (χ1n) is 6.58. The van der Waals surface area contributed by atoms with E-state index >= 15 is 0 Å². The summed E-state index contributed by atoms with van der Waals surface area (Å²) in [5.41, 5.74) is 1.71. The van der Waals surface area contributed by atoms with Gasteiger partial charge in [-0.05, 0) is 31.7 Å². The molecule has 0 aliphatic rings. The summed E-state index contributed by atoms with van der Waals surface area (Å²) in [6.45, 7) is 6.59. The van der Waals surface area contributed by atoms with E-state index in [1.165, 1.54) is 11.1 Å². The first-order chi connectivity index (χ1) is 8.54. The van der Waals surface area contributed by atoms with Gasteiger partial charge in [0.2, 0.25) is 0 Å². The Bertz CT molecular complexity index is 397. The summed E-state index contributed by atoms with van der Waals surface area (Å²) in [6, 6.07) is 8.32. The molecule has 0 aromatic heterocycles. The van der Waals surface area contributed by atoms with Crippen LogP contribution in [0, 0.1) is 6.92 Å². The molecule has 0 spiro atoms. The van der Waals surface area contributed by atoms with Gasteiger partial charge in [-0.2, -0.15) is 0 Å². The number of benzene rings is 1. The average Bonchev–Trinajstić information content (AvgIpc) is 2.35. The van der Waals surface area contributed by atoms with Crippen LogP contribution < -0.4 is 5.32 Å². The van der Waals surface area contributed by atoms with Crippen LogP contribution in [0.5, 0.6) is 0 Å². The monoisotopic (exact) mass is 249 g/mol. The van der Waals surface area contributed by atoms with E-state index in [0.717, 1.165) is 6.42 Å². The third-order valence-corrected chi connectivity index (χ3v) is 3.58. The van der Waals surface area contributed by atoms with Gasteiger partial charge in [0.15, 0.2) is 0 Å². The van der Waals surface area contributed by atoms with E-state index in [2.05, 4.69) is 30.4 Å². The van der Waals surface area contributed by atoms with Crippen molar-refractivity contribution < 1.29 is 9.90 Å². The number of aliphatic carboxylic acids is 1. The van der Waals surface area contributed by atoms with Crippen molar-refractivity contribution in [1.29, 1.82) is 0 Å². The molecule has 1 aromatic rings. The van der Waals surface area contributed by atoms with Gasteiger partial charge in [-0.25, -0.2) is 0 Å². The molecule has 0 bridgehead atoms. The first kappa shape index (κ1) is 14.7.